The van der Waals surface area contributed by atoms with E-state index in [0.717, 1.165) is 47.2 Å². The van der Waals surface area contributed by atoms with E-state index in [0.29, 0.717) is 11.7 Å². The van der Waals surface area contributed by atoms with Crippen molar-refractivity contribution in [3.05, 3.63) is 34.1 Å². The standard InChI is InChI=1S/C15H18BrN3O/c1-9-7-11(16)5-6-13(9)14-18-15(20-19-14)10-3-2-4-12(17)8-10/h5-7,10,12H,2-4,8,17H2,1H3. The van der Waals surface area contributed by atoms with Crippen molar-refractivity contribution in [2.75, 3.05) is 0 Å². The van der Waals surface area contributed by atoms with Crippen LogP contribution < -0.4 is 5.73 Å². The van der Waals surface area contributed by atoms with Gasteiger partial charge in [0, 0.05) is 22.0 Å². The summed E-state index contributed by atoms with van der Waals surface area (Å²) in [5.74, 6) is 1.72. The Morgan fingerprint density at radius 2 is 2.20 bits per heavy atom. The fourth-order valence-electron chi connectivity index (χ4n) is 2.84. The zero-order valence-electron chi connectivity index (χ0n) is 11.5. The molecular weight excluding hydrogens is 318 g/mol. The maximum absolute atomic E-state index is 6.03. The minimum Gasteiger partial charge on any atom is -0.339 e. The molecule has 1 aromatic carbocycles. The van der Waals surface area contributed by atoms with Gasteiger partial charge in [-0.1, -0.05) is 27.5 Å². The first-order chi connectivity index (χ1) is 9.63. The van der Waals surface area contributed by atoms with Crippen LogP contribution >= 0.6 is 15.9 Å². The first-order valence-electron chi connectivity index (χ1n) is 6.99. The molecule has 20 heavy (non-hydrogen) atoms. The maximum atomic E-state index is 6.03. The molecule has 0 saturated heterocycles. The first kappa shape index (κ1) is 13.8. The van der Waals surface area contributed by atoms with E-state index in [1.165, 1.54) is 0 Å². The summed E-state index contributed by atoms with van der Waals surface area (Å²) in [4.78, 5) is 4.58. The monoisotopic (exact) mass is 335 g/mol. The summed E-state index contributed by atoms with van der Waals surface area (Å²) < 4.78 is 6.52. The van der Waals surface area contributed by atoms with Gasteiger partial charge in [0.25, 0.3) is 0 Å². The molecule has 1 saturated carbocycles. The van der Waals surface area contributed by atoms with Crippen LogP contribution in [-0.4, -0.2) is 16.2 Å². The molecule has 1 aliphatic carbocycles. The number of aromatic nitrogens is 2. The van der Waals surface area contributed by atoms with E-state index < -0.39 is 0 Å². The molecule has 0 amide bonds. The SMILES string of the molecule is Cc1cc(Br)ccc1-c1noc(C2CCCC(N)C2)n1. The Kier molecular flexibility index (Phi) is 3.89. The molecule has 2 N–H and O–H groups in total. The number of nitrogens with two attached hydrogens (primary N) is 1. The van der Waals surface area contributed by atoms with E-state index in [1.54, 1.807) is 0 Å². The quantitative estimate of drug-likeness (QED) is 0.906. The second-order valence-corrected chi connectivity index (χ2v) is 6.45. The van der Waals surface area contributed by atoms with Crippen molar-refractivity contribution >= 4 is 15.9 Å². The zero-order chi connectivity index (χ0) is 14.1. The topological polar surface area (TPSA) is 64.9 Å². The minimum atomic E-state index is 0.263. The Morgan fingerprint density at radius 3 is 2.95 bits per heavy atom. The summed E-state index contributed by atoms with van der Waals surface area (Å²) in [7, 11) is 0. The van der Waals surface area contributed by atoms with E-state index in [4.69, 9.17) is 10.3 Å². The maximum Gasteiger partial charge on any atom is 0.230 e. The van der Waals surface area contributed by atoms with Crippen molar-refractivity contribution in [2.24, 2.45) is 5.73 Å². The molecule has 2 unspecified atom stereocenters. The Bertz CT molecular complexity index is 611. The van der Waals surface area contributed by atoms with Crippen molar-refractivity contribution in [2.45, 2.75) is 44.6 Å². The molecule has 0 aliphatic heterocycles. The molecule has 4 nitrogen and oxygen atoms in total. The van der Waals surface area contributed by atoms with E-state index >= 15 is 0 Å². The molecule has 5 heteroatoms. The van der Waals surface area contributed by atoms with Crippen LogP contribution in [0, 0.1) is 6.92 Å². The van der Waals surface area contributed by atoms with Crippen LogP contribution in [0.4, 0.5) is 0 Å². The molecule has 0 bridgehead atoms. The lowest BCUT2D eigenvalue weighted by atomic mass is 9.86. The van der Waals surface area contributed by atoms with Gasteiger partial charge in [0.05, 0.1) is 0 Å². The summed E-state index contributed by atoms with van der Waals surface area (Å²) in [5, 5.41) is 4.13. The fraction of sp³-hybridized carbons (Fsp3) is 0.467. The van der Waals surface area contributed by atoms with Gasteiger partial charge in [0.1, 0.15) is 0 Å². The van der Waals surface area contributed by atoms with E-state index in [-0.39, 0.29) is 6.04 Å². The molecule has 1 aromatic heterocycles. The number of hydrogen-bond donors (Lipinski definition) is 1. The third-order valence-corrected chi connectivity index (χ3v) is 4.43. The lowest BCUT2D eigenvalue weighted by molar-refractivity contribution is 0.299. The third kappa shape index (κ3) is 2.79. The van der Waals surface area contributed by atoms with E-state index in [1.807, 2.05) is 19.1 Å². The van der Waals surface area contributed by atoms with Gasteiger partial charge in [-0.2, -0.15) is 4.98 Å². The molecule has 2 atom stereocenters. The fourth-order valence-corrected chi connectivity index (χ4v) is 3.32. The Hall–Kier alpha value is -1.20. The first-order valence-corrected chi connectivity index (χ1v) is 7.78. The van der Waals surface area contributed by atoms with Crippen LogP contribution in [0.25, 0.3) is 11.4 Å². The Morgan fingerprint density at radius 1 is 1.35 bits per heavy atom. The number of benzene rings is 1. The lowest BCUT2D eigenvalue weighted by Gasteiger charge is -2.23. The summed E-state index contributed by atoms with van der Waals surface area (Å²) in [6, 6.07) is 6.33. The van der Waals surface area contributed by atoms with Crippen LogP contribution in [0.15, 0.2) is 27.2 Å². The van der Waals surface area contributed by atoms with Crippen molar-refractivity contribution in [3.8, 4) is 11.4 Å². The van der Waals surface area contributed by atoms with E-state index in [2.05, 4.69) is 32.1 Å². The van der Waals surface area contributed by atoms with Gasteiger partial charge in [-0.3, -0.25) is 0 Å². The molecule has 3 rings (SSSR count). The van der Waals surface area contributed by atoms with Gasteiger partial charge in [0.15, 0.2) is 0 Å². The number of rotatable bonds is 2. The van der Waals surface area contributed by atoms with Gasteiger partial charge < -0.3 is 10.3 Å². The highest BCUT2D eigenvalue weighted by molar-refractivity contribution is 9.10. The lowest BCUT2D eigenvalue weighted by Crippen LogP contribution is -2.26. The van der Waals surface area contributed by atoms with Gasteiger partial charge in [0.2, 0.25) is 11.7 Å². The van der Waals surface area contributed by atoms with Crippen molar-refractivity contribution in [1.82, 2.24) is 10.1 Å². The molecule has 0 spiro atoms. The van der Waals surface area contributed by atoms with Crippen LogP contribution in [0.2, 0.25) is 0 Å². The normalized spacial score (nSPS) is 22.9. The van der Waals surface area contributed by atoms with Gasteiger partial charge >= 0.3 is 0 Å². The number of hydrogen-bond acceptors (Lipinski definition) is 4. The van der Waals surface area contributed by atoms with Crippen LogP contribution in [-0.2, 0) is 0 Å². The third-order valence-electron chi connectivity index (χ3n) is 3.94. The molecule has 0 radical (unpaired) electrons. The molecule has 106 valence electrons. The molecule has 1 heterocycles. The summed E-state index contributed by atoms with van der Waals surface area (Å²) in [6.07, 6.45) is 4.28. The summed E-state index contributed by atoms with van der Waals surface area (Å²) in [5.41, 5.74) is 8.17. The molecule has 1 fully saturated rings. The smallest absolute Gasteiger partial charge is 0.230 e. The highest BCUT2D eigenvalue weighted by Gasteiger charge is 2.25. The molecule has 1 aliphatic rings. The summed E-state index contributed by atoms with van der Waals surface area (Å²) >= 11 is 3.47. The molecular formula is C15H18BrN3O. The molecule has 2 aromatic rings. The number of halogens is 1. The summed E-state index contributed by atoms with van der Waals surface area (Å²) in [6.45, 7) is 2.05. The Balaban J connectivity index is 1.86. The number of nitrogens with zero attached hydrogens (tertiary/aromatic N) is 2. The van der Waals surface area contributed by atoms with Crippen LogP contribution in [0.1, 0.15) is 43.1 Å². The number of aryl methyl sites for hydroxylation is 1. The second kappa shape index (κ2) is 5.66. The van der Waals surface area contributed by atoms with Crippen molar-refractivity contribution < 1.29 is 4.52 Å². The van der Waals surface area contributed by atoms with Crippen LogP contribution in [0.3, 0.4) is 0 Å². The largest absolute Gasteiger partial charge is 0.339 e. The van der Waals surface area contributed by atoms with Crippen molar-refractivity contribution in [1.29, 1.82) is 0 Å². The van der Waals surface area contributed by atoms with Crippen molar-refractivity contribution in [3.63, 3.8) is 0 Å². The van der Waals surface area contributed by atoms with Crippen LogP contribution in [0.5, 0.6) is 0 Å². The second-order valence-electron chi connectivity index (χ2n) is 5.54. The van der Waals surface area contributed by atoms with Gasteiger partial charge in [-0.15, -0.1) is 0 Å². The average molecular weight is 336 g/mol. The zero-order valence-corrected chi connectivity index (χ0v) is 13.1. The average Bonchev–Trinajstić information content (AvgIpc) is 2.88. The van der Waals surface area contributed by atoms with E-state index in [9.17, 15) is 0 Å². The highest BCUT2D eigenvalue weighted by Crippen LogP contribution is 2.32. The van der Waals surface area contributed by atoms with Gasteiger partial charge in [-0.05, 0) is 49.9 Å². The predicted octanol–water partition coefficient (Wildman–Crippen LogP) is 3.79. The predicted molar refractivity (Wildman–Crippen MR) is 81.4 cm³/mol. The minimum absolute atomic E-state index is 0.263. The van der Waals surface area contributed by atoms with Gasteiger partial charge in [-0.25, -0.2) is 0 Å². The Labute approximate surface area is 126 Å². The highest BCUT2D eigenvalue weighted by atomic mass is 79.9.